The Kier molecular flexibility index (Phi) is 6.96. The van der Waals surface area contributed by atoms with E-state index in [2.05, 4.69) is 47.1 Å². The molecule has 0 fully saturated rings. The van der Waals surface area contributed by atoms with Gasteiger partial charge in [0.25, 0.3) is 5.91 Å². The average Bonchev–Trinajstić information content (AvgIpc) is 2.72. The molecule has 0 aliphatic carbocycles. The van der Waals surface area contributed by atoms with Gasteiger partial charge in [-0.05, 0) is 70.9 Å². The highest BCUT2D eigenvalue weighted by atomic mass is 79.9. The number of hydrogen-bond acceptors (Lipinski definition) is 7. The minimum Gasteiger partial charge on any atom is -0.497 e. The van der Waals surface area contributed by atoms with Crippen molar-refractivity contribution in [3.8, 4) is 5.75 Å². The standard InChI is InChI=1S/C20H21BrN6O2/c1-13-7-8-22-19(11-13)25-18-6-5-17(26-27-18)23-9-10-24-20(28)15-12-14(29-2)3-4-16(15)21/h3-8,11-12H,9-10H2,1-2H3,(H,23,26)(H,24,28)(H,22,25,27). The van der Waals surface area contributed by atoms with Crippen LogP contribution in [0.5, 0.6) is 5.75 Å². The second-order valence-corrected chi connectivity index (χ2v) is 7.03. The first kappa shape index (κ1) is 20.5. The molecule has 1 aromatic carbocycles. The summed E-state index contributed by atoms with van der Waals surface area (Å²) in [6, 6.07) is 12.7. The number of pyridine rings is 1. The van der Waals surface area contributed by atoms with Crippen molar-refractivity contribution in [2.45, 2.75) is 6.92 Å². The number of nitrogens with zero attached hydrogens (tertiary/aromatic N) is 3. The maximum absolute atomic E-state index is 12.3. The van der Waals surface area contributed by atoms with Gasteiger partial charge < -0.3 is 20.7 Å². The summed E-state index contributed by atoms with van der Waals surface area (Å²) in [6.07, 6.45) is 1.74. The van der Waals surface area contributed by atoms with E-state index in [0.717, 1.165) is 5.56 Å². The number of aryl methyl sites for hydroxylation is 1. The van der Waals surface area contributed by atoms with E-state index in [1.54, 1.807) is 31.5 Å². The Morgan fingerprint density at radius 1 is 1.03 bits per heavy atom. The lowest BCUT2D eigenvalue weighted by Crippen LogP contribution is -2.29. The quantitative estimate of drug-likeness (QED) is 0.445. The normalized spacial score (nSPS) is 10.3. The zero-order valence-corrected chi connectivity index (χ0v) is 17.7. The van der Waals surface area contributed by atoms with Crippen LogP contribution in [-0.2, 0) is 0 Å². The average molecular weight is 457 g/mol. The number of aromatic nitrogens is 3. The fraction of sp³-hybridized carbons (Fsp3) is 0.200. The van der Waals surface area contributed by atoms with Crippen molar-refractivity contribution in [2.24, 2.45) is 0 Å². The SMILES string of the molecule is COc1ccc(Br)c(C(=O)NCCNc2ccc(Nc3cc(C)ccn3)nn2)c1. The van der Waals surface area contributed by atoms with E-state index in [4.69, 9.17) is 4.74 Å². The summed E-state index contributed by atoms with van der Waals surface area (Å²) in [5, 5.41) is 17.3. The summed E-state index contributed by atoms with van der Waals surface area (Å²) in [5.74, 6) is 2.37. The van der Waals surface area contributed by atoms with Crippen LogP contribution in [0, 0.1) is 6.92 Å². The molecule has 1 amide bonds. The van der Waals surface area contributed by atoms with Crippen LogP contribution < -0.4 is 20.7 Å². The minimum atomic E-state index is -0.186. The molecule has 0 saturated carbocycles. The number of ether oxygens (including phenoxy) is 1. The summed E-state index contributed by atoms with van der Waals surface area (Å²) in [6.45, 7) is 2.93. The highest BCUT2D eigenvalue weighted by Gasteiger charge is 2.10. The largest absolute Gasteiger partial charge is 0.497 e. The zero-order valence-electron chi connectivity index (χ0n) is 16.1. The third kappa shape index (κ3) is 5.89. The van der Waals surface area contributed by atoms with Gasteiger partial charge in [-0.3, -0.25) is 4.79 Å². The van der Waals surface area contributed by atoms with Gasteiger partial charge in [-0.25, -0.2) is 4.98 Å². The Balaban J connectivity index is 1.46. The Labute approximate surface area is 177 Å². The van der Waals surface area contributed by atoms with Crippen LogP contribution in [0.3, 0.4) is 0 Å². The predicted octanol–water partition coefficient (Wildman–Crippen LogP) is 3.54. The molecule has 0 radical (unpaired) electrons. The number of carbonyl (C=O) groups is 1. The number of carbonyl (C=O) groups excluding carboxylic acids is 1. The van der Waals surface area contributed by atoms with Gasteiger partial charge in [-0.2, -0.15) is 0 Å². The molecule has 9 heteroatoms. The first-order valence-corrected chi connectivity index (χ1v) is 9.73. The molecule has 3 aromatic rings. The van der Waals surface area contributed by atoms with Gasteiger partial charge in [0.15, 0.2) is 5.82 Å². The number of amides is 1. The Hall–Kier alpha value is -3.20. The van der Waals surface area contributed by atoms with Crippen molar-refractivity contribution in [3.63, 3.8) is 0 Å². The van der Waals surface area contributed by atoms with Gasteiger partial charge in [0.1, 0.15) is 17.4 Å². The molecule has 0 unspecified atom stereocenters. The molecule has 0 aliphatic heterocycles. The summed E-state index contributed by atoms with van der Waals surface area (Å²) in [7, 11) is 1.56. The topological polar surface area (TPSA) is 101 Å². The van der Waals surface area contributed by atoms with E-state index in [1.165, 1.54) is 0 Å². The van der Waals surface area contributed by atoms with Gasteiger partial charge in [0.2, 0.25) is 0 Å². The zero-order chi connectivity index (χ0) is 20.6. The maximum atomic E-state index is 12.3. The summed E-state index contributed by atoms with van der Waals surface area (Å²) >= 11 is 3.38. The van der Waals surface area contributed by atoms with Crippen LogP contribution in [0.1, 0.15) is 15.9 Å². The first-order chi connectivity index (χ1) is 14.0. The lowest BCUT2D eigenvalue weighted by Gasteiger charge is -2.10. The van der Waals surface area contributed by atoms with E-state index in [-0.39, 0.29) is 5.91 Å². The van der Waals surface area contributed by atoms with E-state index in [1.807, 2.05) is 31.2 Å². The molecule has 3 N–H and O–H groups in total. The van der Waals surface area contributed by atoms with Crippen molar-refractivity contribution in [3.05, 3.63) is 64.3 Å². The molecule has 29 heavy (non-hydrogen) atoms. The Morgan fingerprint density at radius 2 is 1.83 bits per heavy atom. The Morgan fingerprint density at radius 3 is 2.55 bits per heavy atom. The number of hydrogen-bond donors (Lipinski definition) is 3. The summed E-state index contributed by atoms with van der Waals surface area (Å²) in [5.41, 5.74) is 1.63. The van der Waals surface area contributed by atoms with Gasteiger partial charge in [-0.1, -0.05) is 0 Å². The van der Waals surface area contributed by atoms with Crippen LogP contribution in [0.15, 0.2) is 53.1 Å². The van der Waals surface area contributed by atoms with E-state index in [0.29, 0.717) is 46.3 Å². The van der Waals surface area contributed by atoms with E-state index >= 15 is 0 Å². The number of rotatable bonds is 8. The lowest BCUT2D eigenvalue weighted by molar-refractivity contribution is 0.0954. The molecule has 2 aromatic heterocycles. The molecule has 0 bridgehead atoms. The van der Waals surface area contributed by atoms with Crippen molar-refractivity contribution < 1.29 is 9.53 Å². The fourth-order valence-corrected chi connectivity index (χ4v) is 2.92. The molecule has 3 rings (SSSR count). The van der Waals surface area contributed by atoms with E-state index in [9.17, 15) is 4.79 Å². The minimum absolute atomic E-state index is 0.186. The van der Waals surface area contributed by atoms with Gasteiger partial charge >= 0.3 is 0 Å². The third-order valence-corrected chi connectivity index (χ3v) is 4.66. The van der Waals surface area contributed by atoms with Crippen molar-refractivity contribution >= 4 is 39.3 Å². The lowest BCUT2D eigenvalue weighted by atomic mass is 10.2. The van der Waals surface area contributed by atoms with Gasteiger partial charge in [-0.15, -0.1) is 10.2 Å². The predicted molar refractivity (Wildman–Crippen MR) is 116 cm³/mol. The van der Waals surface area contributed by atoms with Crippen LogP contribution in [0.2, 0.25) is 0 Å². The maximum Gasteiger partial charge on any atom is 0.252 e. The smallest absolute Gasteiger partial charge is 0.252 e. The molecule has 0 aliphatic rings. The Bertz CT molecular complexity index is 981. The molecular formula is C20H21BrN6O2. The van der Waals surface area contributed by atoms with Crippen LogP contribution in [0.25, 0.3) is 0 Å². The van der Waals surface area contributed by atoms with Crippen molar-refractivity contribution in [1.82, 2.24) is 20.5 Å². The monoisotopic (exact) mass is 456 g/mol. The van der Waals surface area contributed by atoms with E-state index < -0.39 is 0 Å². The second kappa shape index (κ2) is 9.83. The molecule has 0 atom stereocenters. The number of methoxy groups -OCH3 is 1. The third-order valence-electron chi connectivity index (χ3n) is 3.97. The number of benzene rings is 1. The van der Waals surface area contributed by atoms with Gasteiger partial charge in [0.05, 0.1) is 12.7 Å². The van der Waals surface area contributed by atoms with Crippen LogP contribution >= 0.6 is 15.9 Å². The van der Waals surface area contributed by atoms with Crippen LogP contribution in [-0.4, -0.2) is 41.3 Å². The molecule has 2 heterocycles. The summed E-state index contributed by atoms with van der Waals surface area (Å²) < 4.78 is 5.87. The summed E-state index contributed by atoms with van der Waals surface area (Å²) in [4.78, 5) is 16.6. The fourth-order valence-electron chi connectivity index (χ4n) is 2.50. The number of halogens is 1. The second-order valence-electron chi connectivity index (χ2n) is 6.18. The van der Waals surface area contributed by atoms with Gasteiger partial charge in [0, 0.05) is 23.8 Å². The highest BCUT2D eigenvalue weighted by molar-refractivity contribution is 9.10. The van der Waals surface area contributed by atoms with Crippen molar-refractivity contribution in [1.29, 1.82) is 0 Å². The number of nitrogens with one attached hydrogen (secondary N) is 3. The number of anilines is 3. The first-order valence-electron chi connectivity index (χ1n) is 8.94. The van der Waals surface area contributed by atoms with Crippen LogP contribution in [0.4, 0.5) is 17.5 Å². The molecule has 0 saturated heterocycles. The molecule has 150 valence electrons. The van der Waals surface area contributed by atoms with Crippen molar-refractivity contribution in [2.75, 3.05) is 30.8 Å². The molecule has 8 nitrogen and oxygen atoms in total. The highest BCUT2D eigenvalue weighted by Crippen LogP contribution is 2.22. The molecule has 0 spiro atoms. The molecular weight excluding hydrogens is 436 g/mol.